The molecule has 1 unspecified atom stereocenters. The summed E-state index contributed by atoms with van der Waals surface area (Å²) in [5.41, 5.74) is 1.52. The predicted octanol–water partition coefficient (Wildman–Crippen LogP) is 4.18. The maximum Gasteiger partial charge on any atom is 0.147 e. The van der Waals surface area contributed by atoms with E-state index < -0.39 is 11.9 Å². The van der Waals surface area contributed by atoms with Crippen molar-refractivity contribution < 1.29 is 13.9 Å². The quantitative estimate of drug-likeness (QED) is 0.906. The van der Waals surface area contributed by atoms with Crippen molar-refractivity contribution in [1.82, 2.24) is 0 Å². The highest BCUT2D eigenvalue weighted by Crippen LogP contribution is 2.34. The molecule has 0 heterocycles. The Hall–Kier alpha value is -1.94. The molecule has 0 aliphatic carbocycles. The Kier molecular flexibility index (Phi) is 4.35. The van der Waals surface area contributed by atoms with Crippen molar-refractivity contribution in [3.05, 3.63) is 59.7 Å². The summed E-state index contributed by atoms with van der Waals surface area (Å²) < 4.78 is 27.2. The molecular formula is C16H17F2NO. The zero-order valence-electron chi connectivity index (χ0n) is 11.5. The first kappa shape index (κ1) is 14.5. The summed E-state index contributed by atoms with van der Waals surface area (Å²) in [7, 11) is 0. The molecule has 2 aromatic carbocycles. The molecule has 0 saturated heterocycles. The highest BCUT2D eigenvalue weighted by atomic mass is 19.1. The molecule has 2 rings (SSSR count). The summed E-state index contributed by atoms with van der Waals surface area (Å²) in [5, 5.41) is 9.81. The molecule has 0 bridgehead atoms. The molecule has 1 N–H and O–H groups in total. The monoisotopic (exact) mass is 277 g/mol. The number of benzene rings is 2. The third kappa shape index (κ3) is 2.80. The number of rotatable bonds is 4. The first-order chi connectivity index (χ1) is 9.54. The number of anilines is 2. The number of halogens is 2. The lowest BCUT2D eigenvalue weighted by atomic mass is 10.1. The minimum absolute atomic E-state index is 0.330. The van der Waals surface area contributed by atoms with Gasteiger partial charge in [-0.3, -0.25) is 0 Å². The van der Waals surface area contributed by atoms with Gasteiger partial charge in [-0.1, -0.05) is 12.1 Å². The summed E-state index contributed by atoms with van der Waals surface area (Å²) in [6.07, 6.45) is -0.782. The fourth-order valence-corrected chi connectivity index (χ4v) is 2.24. The van der Waals surface area contributed by atoms with E-state index in [2.05, 4.69) is 0 Å². The molecule has 106 valence electrons. The van der Waals surface area contributed by atoms with Gasteiger partial charge in [0.2, 0.25) is 0 Å². The lowest BCUT2D eigenvalue weighted by Gasteiger charge is -2.27. The van der Waals surface area contributed by atoms with Crippen LogP contribution in [0.4, 0.5) is 20.2 Å². The van der Waals surface area contributed by atoms with Gasteiger partial charge in [0, 0.05) is 17.8 Å². The van der Waals surface area contributed by atoms with Crippen molar-refractivity contribution >= 4 is 11.4 Å². The third-order valence-corrected chi connectivity index (χ3v) is 3.19. The molecule has 0 saturated carbocycles. The minimum Gasteiger partial charge on any atom is -0.389 e. The van der Waals surface area contributed by atoms with Crippen molar-refractivity contribution in [3.8, 4) is 0 Å². The van der Waals surface area contributed by atoms with Gasteiger partial charge < -0.3 is 10.0 Å². The Morgan fingerprint density at radius 3 is 2.30 bits per heavy atom. The molecule has 0 fully saturated rings. The van der Waals surface area contributed by atoms with E-state index in [4.69, 9.17) is 0 Å². The van der Waals surface area contributed by atoms with E-state index >= 15 is 0 Å². The summed E-state index contributed by atoms with van der Waals surface area (Å²) in [4.78, 5) is 1.72. The third-order valence-electron chi connectivity index (χ3n) is 3.19. The molecule has 0 aliphatic rings. The van der Waals surface area contributed by atoms with Gasteiger partial charge in [-0.25, -0.2) is 8.78 Å². The topological polar surface area (TPSA) is 23.5 Å². The molecule has 0 aliphatic heterocycles. The van der Waals surface area contributed by atoms with Gasteiger partial charge in [-0.2, -0.15) is 0 Å². The molecule has 2 aromatic rings. The van der Waals surface area contributed by atoms with Crippen molar-refractivity contribution in [2.75, 3.05) is 11.4 Å². The number of hydrogen-bond acceptors (Lipinski definition) is 2. The average molecular weight is 277 g/mol. The number of aliphatic hydroxyl groups excluding tert-OH is 1. The smallest absolute Gasteiger partial charge is 0.147 e. The normalized spacial score (nSPS) is 12.2. The molecule has 1 atom stereocenters. The SMILES string of the molecule is CCN(c1ccc(F)cc1)c1c(F)cccc1C(C)O. The van der Waals surface area contributed by atoms with Gasteiger partial charge >= 0.3 is 0 Å². The van der Waals surface area contributed by atoms with Crippen LogP contribution in [0, 0.1) is 11.6 Å². The van der Waals surface area contributed by atoms with E-state index in [-0.39, 0.29) is 5.82 Å². The molecule has 0 amide bonds. The number of aliphatic hydroxyl groups is 1. The second-order valence-corrected chi connectivity index (χ2v) is 4.57. The summed E-state index contributed by atoms with van der Waals surface area (Å²) in [6, 6.07) is 10.5. The van der Waals surface area contributed by atoms with Crippen LogP contribution in [-0.4, -0.2) is 11.7 Å². The predicted molar refractivity (Wildman–Crippen MR) is 76.1 cm³/mol. The summed E-state index contributed by atoms with van der Waals surface area (Å²) in [6.45, 7) is 3.98. The standard InChI is InChI=1S/C16H17F2NO/c1-3-19(13-9-7-12(17)8-10-13)16-14(11(2)20)5-4-6-15(16)18/h4-11,20H,3H2,1-2H3. The second kappa shape index (κ2) is 6.01. The van der Waals surface area contributed by atoms with Crippen LogP contribution in [-0.2, 0) is 0 Å². The van der Waals surface area contributed by atoms with E-state index in [1.165, 1.54) is 18.2 Å². The van der Waals surface area contributed by atoms with Crippen LogP contribution < -0.4 is 4.90 Å². The number of hydrogen-bond donors (Lipinski definition) is 1. The largest absolute Gasteiger partial charge is 0.389 e. The van der Waals surface area contributed by atoms with Crippen molar-refractivity contribution in [3.63, 3.8) is 0 Å². The van der Waals surface area contributed by atoms with E-state index in [0.717, 1.165) is 0 Å². The molecule has 0 aromatic heterocycles. The Morgan fingerprint density at radius 2 is 1.75 bits per heavy atom. The van der Waals surface area contributed by atoms with Crippen LogP contribution in [0.3, 0.4) is 0 Å². The first-order valence-corrected chi connectivity index (χ1v) is 6.54. The second-order valence-electron chi connectivity index (χ2n) is 4.57. The lowest BCUT2D eigenvalue weighted by Crippen LogP contribution is -2.20. The van der Waals surface area contributed by atoms with Gasteiger partial charge in [0.25, 0.3) is 0 Å². The van der Waals surface area contributed by atoms with Crippen LogP contribution in [0.25, 0.3) is 0 Å². The fourth-order valence-electron chi connectivity index (χ4n) is 2.24. The number of nitrogens with zero attached hydrogens (tertiary/aromatic N) is 1. The zero-order chi connectivity index (χ0) is 14.7. The van der Waals surface area contributed by atoms with Crippen molar-refractivity contribution in [2.24, 2.45) is 0 Å². The fraction of sp³-hybridized carbons (Fsp3) is 0.250. The van der Waals surface area contributed by atoms with E-state index in [0.29, 0.717) is 23.5 Å². The molecule has 2 nitrogen and oxygen atoms in total. The minimum atomic E-state index is -0.782. The lowest BCUT2D eigenvalue weighted by molar-refractivity contribution is 0.199. The average Bonchev–Trinajstić information content (AvgIpc) is 2.43. The van der Waals surface area contributed by atoms with Gasteiger partial charge in [0.05, 0.1) is 11.8 Å². The van der Waals surface area contributed by atoms with Gasteiger partial charge in [-0.05, 0) is 44.2 Å². The van der Waals surface area contributed by atoms with E-state index in [9.17, 15) is 13.9 Å². The summed E-state index contributed by atoms with van der Waals surface area (Å²) in [5.74, 6) is -0.747. The van der Waals surface area contributed by atoms with Crippen molar-refractivity contribution in [1.29, 1.82) is 0 Å². The Labute approximate surface area is 117 Å². The number of para-hydroxylation sites is 1. The molecule has 20 heavy (non-hydrogen) atoms. The van der Waals surface area contributed by atoms with Gasteiger partial charge in [-0.15, -0.1) is 0 Å². The van der Waals surface area contributed by atoms with Crippen LogP contribution >= 0.6 is 0 Å². The summed E-state index contributed by atoms with van der Waals surface area (Å²) >= 11 is 0. The van der Waals surface area contributed by atoms with Crippen LogP contribution in [0.2, 0.25) is 0 Å². The Bertz CT molecular complexity index is 582. The van der Waals surface area contributed by atoms with Crippen molar-refractivity contribution in [2.45, 2.75) is 20.0 Å². The maximum absolute atomic E-state index is 14.2. The van der Waals surface area contributed by atoms with E-state index in [1.54, 1.807) is 36.1 Å². The maximum atomic E-state index is 14.2. The highest BCUT2D eigenvalue weighted by Gasteiger charge is 2.19. The highest BCUT2D eigenvalue weighted by molar-refractivity contribution is 5.67. The Morgan fingerprint density at radius 1 is 1.10 bits per heavy atom. The first-order valence-electron chi connectivity index (χ1n) is 6.54. The van der Waals surface area contributed by atoms with Crippen LogP contribution in [0.1, 0.15) is 25.5 Å². The zero-order valence-corrected chi connectivity index (χ0v) is 11.5. The molecule has 0 radical (unpaired) electrons. The van der Waals surface area contributed by atoms with Crippen LogP contribution in [0.5, 0.6) is 0 Å². The van der Waals surface area contributed by atoms with Crippen LogP contribution in [0.15, 0.2) is 42.5 Å². The van der Waals surface area contributed by atoms with E-state index in [1.807, 2.05) is 6.92 Å². The molecular weight excluding hydrogens is 260 g/mol. The van der Waals surface area contributed by atoms with Gasteiger partial charge in [0.15, 0.2) is 0 Å². The molecule has 4 heteroatoms. The molecule has 0 spiro atoms. The van der Waals surface area contributed by atoms with Gasteiger partial charge in [0.1, 0.15) is 11.6 Å². The Balaban J connectivity index is 2.54.